The summed E-state index contributed by atoms with van der Waals surface area (Å²) in [6, 6.07) is 3.24. The second-order valence-electron chi connectivity index (χ2n) is 3.39. The van der Waals surface area contributed by atoms with Gasteiger partial charge in [-0.25, -0.2) is 0 Å². The highest BCUT2D eigenvalue weighted by atomic mass is 35.5. The maximum Gasteiger partial charge on any atom is 0.310 e. The van der Waals surface area contributed by atoms with Crippen LogP contribution in [0.2, 0.25) is 5.02 Å². The summed E-state index contributed by atoms with van der Waals surface area (Å²) < 4.78 is 4.84. The maximum absolute atomic E-state index is 11.3. The Hall–Kier alpha value is -1.35. The second kappa shape index (κ2) is 5.66. The van der Waals surface area contributed by atoms with E-state index in [9.17, 15) is 9.59 Å². The van der Waals surface area contributed by atoms with Crippen LogP contribution >= 0.6 is 11.6 Å². The van der Waals surface area contributed by atoms with Crippen LogP contribution in [-0.4, -0.2) is 18.9 Å². The molecule has 16 heavy (non-hydrogen) atoms. The summed E-state index contributed by atoms with van der Waals surface area (Å²) in [5, 5.41) is 0.490. The maximum atomic E-state index is 11.3. The molecule has 0 aliphatic rings. The number of rotatable bonds is 4. The van der Waals surface area contributed by atoms with Crippen molar-refractivity contribution in [2.24, 2.45) is 0 Å². The van der Waals surface area contributed by atoms with Gasteiger partial charge in [-0.15, -0.1) is 0 Å². The lowest BCUT2D eigenvalue weighted by molar-refractivity contribution is -0.142. The smallest absolute Gasteiger partial charge is 0.310 e. The zero-order valence-corrected chi connectivity index (χ0v) is 10.0. The number of esters is 1. The quantitative estimate of drug-likeness (QED) is 0.600. The normalized spacial score (nSPS) is 9.94. The van der Waals surface area contributed by atoms with Crippen LogP contribution in [0.25, 0.3) is 0 Å². The van der Waals surface area contributed by atoms with Gasteiger partial charge in [-0.3, -0.25) is 9.59 Å². The topological polar surface area (TPSA) is 43.4 Å². The van der Waals surface area contributed by atoms with E-state index in [1.807, 2.05) is 6.92 Å². The van der Waals surface area contributed by atoms with Crippen molar-refractivity contribution in [3.05, 3.63) is 33.8 Å². The van der Waals surface area contributed by atoms with E-state index in [4.69, 9.17) is 16.3 Å². The Morgan fingerprint density at radius 1 is 1.50 bits per heavy atom. The molecule has 0 saturated heterocycles. The molecule has 0 aliphatic heterocycles. The Labute approximate surface area is 99.4 Å². The van der Waals surface area contributed by atoms with Gasteiger partial charge < -0.3 is 4.74 Å². The lowest BCUT2D eigenvalue weighted by Crippen LogP contribution is -2.09. The summed E-state index contributed by atoms with van der Waals surface area (Å²) >= 11 is 5.95. The van der Waals surface area contributed by atoms with Crippen molar-refractivity contribution < 1.29 is 14.3 Å². The zero-order valence-electron chi connectivity index (χ0n) is 9.25. The van der Waals surface area contributed by atoms with Crippen LogP contribution in [0.3, 0.4) is 0 Å². The number of carbonyl (C=O) groups is 2. The molecule has 0 bridgehead atoms. The molecule has 4 heteroatoms. The Balaban J connectivity index is 2.98. The monoisotopic (exact) mass is 240 g/mol. The Morgan fingerprint density at radius 3 is 2.75 bits per heavy atom. The fourth-order valence-corrected chi connectivity index (χ4v) is 1.63. The third-order valence-corrected chi connectivity index (χ3v) is 2.64. The summed E-state index contributed by atoms with van der Waals surface area (Å²) in [7, 11) is 0. The highest BCUT2D eigenvalue weighted by Gasteiger charge is 2.10. The van der Waals surface area contributed by atoms with Crippen LogP contribution in [-0.2, 0) is 16.0 Å². The summed E-state index contributed by atoms with van der Waals surface area (Å²) in [6.07, 6.45) is 0.848. The first-order valence-corrected chi connectivity index (χ1v) is 5.36. The number of hydrogen-bond donors (Lipinski definition) is 0. The summed E-state index contributed by atoms with van der Waals surface area (Å²) in [5.41, 5.74) is 2.00. The minimum Gasteiger partial charge on any atom is -0.466 e. The molecule has 0 saturated carbocycles. The molecule has 0 aliphatic carbocycles. The average Bonchev–Trinajstić information content (AvgIpc) is 2.24. The summed E-state index contributed by atoms with van der Waals surface area (Å²) in [5.74, 6) is -0.315. The number of aldehydes is 1. The van der Waals surface area contributed by atoms with E-state index in [1.165, 1.54) is 0 Å². The van der Waals surface area contributed by atoms with Gasteiger partial charge in [0.25, 0.3) is 0 Å². The van der Waals surface area contributed by atoms with Gasteiger partial charge in [0.1, 0.15) is 6.29 Å². The molecule has 0 unspecified atom stereocenters. The first kappa shape index (κ1) is 12.7. The van der Waals surface area contributed by atoms with Crippen molar-refractivity contribution in [3.8, 4) is 0 Å². The average molecular weight is 241 g/mol. The minimum atomic E-state index is -0.315. The molecule has 0 atom stereocenters. The second-order valence-corrected chi connectivity index (χ2v) is 3.79. The first-order valence-electron chi connectivity index (χ1n) is 4.98. The van der Waals surface area contributed by atoms with Gasteiger partial charge in [-0.05, 0) is 37.1 Å². The highest BCUT2D eigenvalue weighted by molar-refractivity contribution is 6.31. The fraction of sp³-hybridized carbons (Fsp3) is 0.333. The van der Waals surface area contributed by atoms with Gasteiger partial charge in [0, 0.05) is 10.6 Å². The van der Waals surface area contributed by atoms with Crippen LogP contribution in [0.1, 0.15) is 28.4 Å². The van der Waals surface area contributed by atoms with Gasteiger partial charge in [-0.2, -0.15) is 0 Å². The Morgan fingerprint density at radius 2 is 2.19 bits per heavy atom. The Kier molecular flexibility index (Phi) is 4.50. The van der Waals surface area contributed by atoms with Gasteiger partial charge in [-0.1, -0.05) is 11.6 Å². The summed E-state index contributed by atoms with van der Waals surface area (Å²) in [6.45, 7) is 3.91. The van der Waals surface area contributed by atoms with Crippen LogP contribution in [0, 0.1) is 6.92 Å². The SMILES string of the molecule is CCOC(=O)Cc1cc(C=O)cc(Cl)c1C. The van der Waals surface area contributed by atoms with Crippen LogP contribution in [0.4, 0.5) is 0 Å². The number of ether oxygens (including phenoxy) is 1. The molecule has 0 radical (unpaired) electrons. The molecular formula is C12H13ClO3. The number of halogens is 1. The Bertz CT molecular complexity index is 413. The molecule has 3 nitrogen and oxygen atoms in total. The molecule has 86 valence electrons. The van der Waals surface area contributed by atoms with E-state index < -0.39 is 0 Å². The molecule has 0 fully saturated rings. The lowest BCUT2D eigenvalue weighted by atomic mass is 10.0. The van der Waals surface area contributed by atoms with Crippen molar-refractivity contribution in [1.82, 2.24) is 0 Å². The van der Waals surface area contributed by atoms with Crippen molar-refractivity contribution in [3.63, 3.8) is 0 Å². The van der Waals surface area contributed by atoms with Crippen molar-refractivity contribution >= 4 is 23.9 Å². The molecule has 0 amide bonds. The van der Waals surface area contributed by atoms with Gasteiger partial charge in [0.05, 0.1) is 13.0 Å². The molecule has 0 aromatic heterocycles. The molecule has 1 aromatic carbocycles. The lowest BCUT2D eigenvalue weighted by Gasteiger charge is -2.08. The van der Waals surface area contributed by atoms with E-state index in [-0.39, 0.29) is 12.4 Å². The van der Waals surface area contributed by atoms with Gasteiger partial charge in [0.2, 0.25) is 0 Å². The van der Waals surface area contributed by atoms with Gasteiger partial charge in [0.15, 0.2) is 0 Å². The third kappa shape index (κ3) is 3.07. The molecular weight excluding hydrogens is 228 g/mol. The first-order chi connectivity index (χ1) is 7.58. The van der Waals surface area contributed by atoms with E-state index in [0.717, 1.165) is 11.1 Å². The van der Waals surface area contributed by atoms with Crippen molar-refractivity contribution in [1.29, 1.82) is 0 Å². The van der Waals surface area contributed by atoms with E-state index >= 15 is 0 Å². The predicted molar refractivity (Wildman–Crippen MR) is 61.9 cm³/mol. The van der Waals surface area contributed by atoms with Crippen LogP contribution in [0.5, 0.6) is 0 Å². The molecule has 1 aromatic rings. The molecule has 0 heterocycles. The number of hydrogen-bond acceptors (Lipinski definition) is 3. The highest BCUT2D eigenvalue weighted by Crippen LogP contribution is 2.21. The number of carbonyl (C=O) groups excluding carboxylic acids is 2. The van der Waals surface area contributed by atoms with Gasteiger partial charge >= 0.3 is 5.97 Å². The largest absolute Gasteiger partial charge is 0.466 e. The van der Waals surface area contributed by atoms with E-state index in [0.29, 0.717) is 23.5 Å². The predicted octanol–water partition coefficient (Wildman–Crippen LogP) is 2.57. The van der Waals surface area contributed by atoms with Crippen LogP contribution in [0.15, 0.2) is 12.1 Å². The fourth-order valence-electron chi connectivity index (χ4n) is 1.38. The summed E-state index contributed by atoms with van der Waals surface area (Å²) in [4.78, 5) is 22.0. The standard InChI is InChI=1S/C12H13ClO3/c1-3-16-12(15)6-10-4-9(7-14)5-11(13)8(10)2/h4-5,7H,3,6H2,1-2H3. The third-order valence-electron chi connectivity index (χ3n) is 2.25. The molecule has 0 spiro atoms. The zero-order chi connectivity index (χ0) is 12.1. The minimum absolute atomic E-state index is 0.140. The van der Waals surface area contributed by atoms with E-state index in [1.54, 1.807) is 19.1 Å². The molecule has 0 N–H and O–H groups in total. The van der Waals surface area contributed by atoms with E-state index in [2.05, 4.69) is 0 Å². The van der Waals surface area contributed by atoms with Crippen molar-refractivity contribution in [2.75, 3.05) is 6.61 Å². The number of benzene rings is 1. The van der Waals surface area contributed by atoms with Crippen LogP contribution < -0.4 is 0 Å². The van der Waals surface area contributed by atoms with Crippen molar-refractivity contribution in [2.45, 2.75) is 20.3 Å². The molecule has 1 rings (SSSR count).